The molecule has 31 heavy (non-hydrogen) atoms. The van der Waals surface area contributed by atoms with Crippen molar-refractivity contribution in [3.8, 4) is 0 Å². The van der Waals surface area contributed by atoms with Gasteiger partial charge in [-0.05, 0) is 120 Å². The third-order valence-electron chi connectivity index (χ3n) is 6.27. The highest BCUT2D eigenvalue weighted by molar-refractivity contribution is 5.08. The van der Waals surface area contributed by atoms with E-state index in [9.17, 15) is 0 Å². The van der Waals surface area contributed by atoms with Crippen LogP contribution in [0.25, 0.3) is 0 Å². The zero-order valence-electron chi connectivity index (χ0n) is 21.9. The fraction of sp³-hybridized carbons (Fsp3) is 0.667. The van der Waals surface area contributed by atoms with Crippen LogP contribution in [-0.2, 0) is 4.74 Å². The molecule has 0 aromatic carbocycles. The summed E-state index contributed by atoms with van der Waals surface area (Å²) in [5, 5.41) is 0. The lowest BCUT2D eigenvalue weighted by Gasteiger charge is -2.03. The first kappa shape index (κ1) is 27.7. The molecule has 1 heteroatoms. The second-order valence-electron chi connectivity index (χ2n) is 10.4. The van der Waals surface area contributed by atoms with E-state index in [-0.39, 0.29) is 5.60 Å². The molecule has 1 fully saturated rings. The zero-order chi connectivity index (χ0) is 23.3. The van der Waals surface area contributed by atoms with Gasteiger partial charge in [0, 0.05) is 0 Å². The Hall–Kier alpha value is -1.34. The summed E-state index contributed by atoms with van der Waals surface area (Å²) < 4.78 is 5.68. The molecule has 0 bridgehead atoms. The van der Waals surface area contributed by atoms with E-state index < -0.39 is 0 Å². The van der Waals surface area contributed by atoms with Gasteiger partial charge < -0.3 is 4.74 Å². The lowest BCUT2D eigenvalue weighted by Crippen LogP contribution is -2.02. The van der Waals surface area contributed by atoms with Crippen LogP contribution in [0, 0.1) is 0 Å². The van der Waals surface area contributed by atoms with Gasteiger partial charge in [0.2, 0.25) is 0 Å². The van der Waals surface area contributed by atoms with Gasteiger partial charge in [-0.15, -0.1) is 0 Å². The highest BCUT2D eigenvalue weighted by Crippen LogP contribution is 2.38. The average molecular weight is 427 g/mol. The third-order valence-corrected chi connectivity index (χ3v) is 6.27. The van der Waals surface area contributed by atoms with Crippen LogP contribution in [0.1, 0.15) is 120 Å². The maximum Gasteiger partial charge on any atom is 0.0892 e. The third kappa shape index (κ3) is 14.4. The van der Waals surface area contributed by atoms with Crippen molar-refractivity contribution in [1.29, 1.82) is 0 Å². The summed E-state index contributed by atoms with van der Waals surface area (Å²) in [7, 11) is 0. The highest BCUT2D eigenvalue weighted by atomic mass is 16.6. The van der Waals surface area contributed by atoms with Crippen molar-refractivity contribution in [2.24, 2.45) is 0 Å². The van der Waals surface area contributed by atoms with Crippen LogP contribution in [0.5, 0.6) is 0 Å². The monoisotopic (exact) mass is 426 g/mol. The number of ether oxygens (including phenoxy) is 1. The molecule has 0 N–H and O–H groups in total. The molecule has 0 amide bonds. The second-order valence-corrected chi connectivity index (χ2v) is 10.4. The van der Waals surface area contributed by atoms with Gasteiger partial charge in [-0.2, -0.15) is 0 Å². The van der Waals surface area contributed by atoms with E-state index in [1.807, 2.05) is 0 Å². The maximum absolute atomic E-state index is 5.68. The molecule has 0 aromatic heterocycles. The minimum atomic E-state index is 0.132. The number of unbranched alkanes of at least 4 members (excludes halogenated alkanes) is 1. The highest BCUT2D eigenvalue weighted by Gasteiger charge is 2.46. The van der Waals surface area contributed by atoms with Gasteiger partial charge in [-0.3, -0.25) is 0 Å². The minimum Gasteiger partial charge on any atom is -0.367 e. The topological polar surface area (TPSA) is 12.5 Å². The Morgan fingerprint density at radius 1 is 0.581 bits per heavy atom. The quantitative estimate of drug-likeness (QED) is 0.144. The summed E-state index contributed by atoms with van der Waals surface area (Å²) in [4.78, 5) is 0. The average Bonchev–Trinajstić information content (AvgIpc) is 3.30. The molecule has 1 heterocycles. The fourth-order valence-corrected chi connectivity index (χ4v) is 3.85. The zero-order valence-corrected chi connectivity index (χ0v) is 21.9. The molecule has 1 rings (SSSR count). The van der Waals surface area contributed by atoms with Crippen molar-refractivity contribution in [2.45, 2.75) is 131 Å². The molecule has 1 aliphatic heterocycles. The number of epoxide rings is 1. The first-order chi connectivity index (χ1) is 14.6. The fourth-order valence-electron chi connectivity index (χ4n) is 3.85. The largest absolute Gasteiger partial charge is 0.367 e. The molecule has 1 saturated heterocycles. The Kier molecular flexibility index (Phi) is 13.1. The number of hydrogen-bond acceptors (Lipinski definition) is 1. The summed E-state index contributed by atoms with van der Waals surface area (Å²) in [6, 6.07) is 0. The molecular weight excluding hydrogens is 376 g/mol. The first-order valence-electron chi connectivity index (χ1n) is 12.5. The maximum atomic E-state index is 5.68. The predicted octanol–water partition coefficient (Wildman–Crippen LogP) is 9.82. The SMILES string of the molecule is CC(C)=CCC/C(C)=C/CC/C(C)=C/CC/C=C(\C)CC/C=C(\C)CC[C@H]1OC1(C)C. The van der Waals surface area contributed by atoms with E-state index in [1.165, 1.54) is 79.2 Å². The predicted molar refractivity (Wildman–Crippen MR) is 140 cm³/mol. The Morgan fingerprint density at radius 3 is 1.32 bits per heavy atom. The van der Waals surface area contributed by atoms with Gasteiger partial charge in [0.1, 0.15) is 0 Å². The van der Waals surface area contributed by atoms with Gasteiger partial charge in [-0.25, -0.2) is 0 Å². The minimum absolute atomic E-state index is 0.132. The summed E-state index contributed by atoms with van der Waals surface area (Å²) in [5.41, 5.74) is 7.65. The summed E-state index contributed by atoms with van der Waals surface area (Å²) >= 11 is 0. The van der Waals surface area contributed by atoms with Crippen molar-refractivity contribution < 1.29 is 4.74 Å². The molecule has 0 unspecified atom stereocenters. The van der Waals surface area contributed by atoms with Gasteiger partial charge in [0.05, 0.1) is 11.7 Å². The lowest BCUT2D eigenvalue weighted by molar-refractivity contribution is 0.320. The smallest absolute Gasteiger partial charge is 0.0892 e. The van der Waals surface area contributed by atoms with Gasteiger partial charge in [-0.1, -0.05) is 58.2 Å². The van der Waals surface area contributed by atoms with Crippen molar-refractivity contribution in [1.82, 2.24) is 0 Å². The molecule has 1 aliphatic rings. The summed E-state index contributed by atoms with van der Waals surface area (Å²) in [6.07, 6.45) is 24.3. The van der Waals surface area contributed by atoms with Crippen molar-refractivity contribution in [3.63, 3.8) is 0 Å². The van der Waals surface area contributed by atoms with Crippen LogP contribution in [0.2, 0.25) is 0 Å². The number of rotatable bonds is 15. The summed E-state index contributed by atoms with van der Waals surface area (Å²) in [5.74, 6) is 0. The van der Waals surface area contributed by atoms with Crippen LogP contribution in [0.4, 0.5) is 0 Å². The molecule has 176 valence electrons. The van der Waals surface area contributed by atoms with E-state index in [4.69, 9.17) is 4.74 Å². The number of allylic oxidation sites excluding steroid dienone is 10. The first-order valence-corrected chi connectivity index (χ1v) is 12.5. The molecule has 1 nitrogen and oxygen atoms in total. The van der Waals surface area contributed by atoms with Gasteiger partial charge in [0.25, 0.3) is 0 Å². The molecule has 0 aliphatic carbocycles. The van der Waals surface area contributed by atoms with E-state index in [2.05, 4.69) is 85.8 Å². The van der Waals surface area contributed by atoms with Crippen LogP contribution in [0.15, 0.2) is 58.2 Å². The number of hydrogen-bond donors (Lipinski definition) is 0. The van der Waals surface area contributed by atoms with Gasteiger partial charge >= 0.3 is 0 Å². The molecular formula is C30H50O. The van der Waals surface area contributed by atoms with E-state index in [0.29, 0.717) is 6.10 Å². The van der Waals surface area contributed by atoms with Crippen LogP contribution in [0.3, 0.4) is 0 Å². The molecule has 0 radical (unpaired) electrons. The van der Waals surface area contributed by atoms with Crippen molar-refractivity contribution in [2.75, 3.05) is 0 Å². The van der Waals surface area contributed by atoms with Gasteiger partial charge in [0.15, 0.2) is 0 Å². The van der Waals surface area contributed by atoms with Crippen molar-refractivity contribution in [3.05, 3.63) is 58.2 Å². The lowest BCUT2D eigenvalue weighted by atomic mass is 10.0. The molecule has 1 atom stereocenters. The molecule has 0 saturated carbocycles. The van der Waals surface area contributed by atoms with E-state index >= 15 is 0 Å². The Labute approximate surface area is 194 Å². The standard InChI is InChI=1S/C30H50O/c1-24(2)14-11-17-27(5)20-12-18-25(3)15-9-10-16-26(4)19-13-21-28(6)22-23-29-30(7,8)31-29/h14-16,20-21,29H,9-13,17-19,22-23H2,1-8H3/b25-15+,26-16+,27-20+,28-21+/t29-/m1/s1. The van der Waals surface area contributed by atoms with Crippen LogP contribution >= 0.6 is 0 Å². The van der Waals surface area contributed by atoms with E-state index in [0.717, 1.165) is 12.8 Å². The van der Waals surface area contributed by atoms with Crippen LogP contribution < -0.4 is 0 Å². The van der Waals surface area contributed by atoms with Crippen LogP contribution in [-0.4, -0.2) is 11.7 Å². The molecule has 0 aromatic rings. The Morgan fingerprint density at radius 2 is 0.935 bits per heavy atom. The normalized spacial score (nSPS) is 19.5. The van der Waals surface area contributed by atoms with Crippen molar-refractivity contribution >= 4 is 0 Å². The summed E-state index contributed by atoms with van der Waals surface area (Å²) in [6.45, 7) is 17.8. The molecule has 0 spiro atoms. The second kappa shape index (κ2) is 14.7. The Bertz CT molecular complexity index is 677. The van der Waals surface area contributed by atoms with E-state index in [1.54, 1.807) is 0 Å². The Balaban J connectivity index is 2.15.